The van der Waals surface area contributed by atoms with E-state index in [4.69, 9.17) is 0 Å². The number of aryl methyl sites for hydroxylation is 1. The van der Waals surface area contributed by atoms with Gasteiger partial charge in [-0.05, 0) is 43.0 Å². The number of carbonyl (C=O) groups excluding carboxylic acids is 1. The Balaban J connectivity index is 1.60. The number of nitrogens with zero attached hydrogens (tertiary/aromatic N) is 2. The van der Waals surface area contributed by atoms with E-state index in [-0.39, 0.29) is 5.91 Å². The molecule has 0 atom stereocenters. The first kappa shape index (κ1) is 16.5. The number of aromatic nitrogens is 1. The Labute approximate surface area is 143 Å². The Morgan fingerprint density at radius 2 is 1.83 bits per heavy atom. The molecule has 2 aromatic rings. The fourth-order valence-electron chi connectivity index (χ4n) is 3.11. The Morgan fingerprint density at radius 1 is 1.08 bits per heavy atom. The first-order valence-corrected chi connectivity index (χ1v) is 8.78. The highest BCUT2D eigenvalue weighted by Crippen LogP contribution is 2.18. The van der Waals surface area contributed by atoms with Gasteiger partial charge in [0, 0.05) is 19.6 Å². The van der Waals surface area contributed by atoms with Crippen LogP contribution in [0.3, 0.4) is 0 Å². The molecule has 0 saturated carbocycles. The molecule has 126 valence electrons. The highest BCUT2D eigenvalue weighted by atomic mass is 16.1. The van der Waals surface area contributed by atoms with Crippen LogP contribution in [0.25, 0.3) is 0 Å². The van der Waals surface area contributed by atoms with Crippen LogP contribution >= 0.6 is 0 Å². The van der Waals surface area contributed by atoms with E-state index < -0.39 is 0 Å². The molecular formula is C20H25N3O. The Kier molecular flexibility index (Phi) is 5.47. The van der Waals surface area contributed by atoms with Crippen molar-refractivity contribution in [3.05, 3.63) is 59.4 Å². The van der Waals surface area contributed by atoms with Crippen molar-refractivity contribution in [2.45, 2.75) is 39.2 Å². The van der Waals surface area contributed by atoms with Gasteiger partial charge in [0.1, 0.15) is 5.69 Å². The average Bonchev–Trinajstić information content (AvgIpc) is 2.90. The molecule has 2 heterocycles. The molecule has 0 aliphatic carbocycles. The van der Waals surface area contributed by atoms with Gasteiger partial charge in [0.2, 0.25) is 0 Å². The van der Waals surface area contributed by atoms with Crippen molar-refractivity contribution >= 4 is 11.6 Å². The minimum Gasteiger partial charge on any atom is -0.370 e. The van der Waals surface area contributed by atoms with Gasteiger partial charge in [0.15, 0.2) is 0 Å². The molecule has 24 heavy (non-hydrogen) atoms. The number of amides is 1. The van der Waals surface area contributed by atoms with E-state index in [1.165, 1.54) is 31.2 Å². The molecule has 0 bridgehead atoms. The number of nitrogens with one attached hydrogen (secondary N) is 1. The average molecular weight is 323 g/mol. The molecule has 0 unspecified atom stereocenters. The van der Waals surface area contributed by atoms with Crippen molar-refractivity contribution < 1.29 is 4.79 Å². The van der Waals surface area contributed by atoms with Crippen LogP contribution in [0.4, 0.5) is 5.69 Å². The Bertz CT molecular complexity index is 674. The summed E-state index contributed by atoms with van der Waals surface area (Å²) in [5, 5.41) is 2.95. The Hall–Kier alpha value is -2.36. The normalized spacial score (nSPS) is 15.0. The minimum atomic E-state index is -0.124. The van der Waals surface area contributed by atoms with E-state index in [2.05, 4.69) is 28.2 Å². The lowest BCUT2D eigenvalue weighted by Crippen LogP contribution is -2.26. The summed E-state index contributed by atoms with van der Waals surface area (Å²) in [6.07, 6.45) is 6.91. The first-order valence-electron chi connectivity index (χ1n) is 8.78. The number of anilines is 1. The van der Waals surface area contributed by atoms with Gasteiger partial charge in [-0.1, -0.05) is 37.1 Å². The molecule has 0 spiro atoms. The van der Waals surface area contributed by atoms with Crippen LogP contribution in [0, 0.1) is 6.92 Å². The predicted octanol–water partition coefficient (Wildman–Crippen LogP) is 3.70. The van der Waals surface area contributed by atoms with Crippen LogP contribution < -0.4 is 10.2 Å². The number of carbonyl (C=O) groups is 1. The van der Waals surface area contributed by atoms with E-state index in [1.807, 2.05) is 36.5 Å². The molecule has 4 heteroatoms. The SMILES string of the molecule is Cc1ccccc1CNC(=O)c1ccc(N2CCCCCC2)cn1. The monoisotopic (exact) mass is 323 g/mol. The molecule has 0 radical (unpaired) electrons. The van der Waals surface area contributed by atoms with Crippen molar-refractivity contribution in [2.24, 2.45) is 0 Å². The van der Waals surface area contributed by atoms with Crippen LogP contribution in [0.5, 0.6) is 0 Å². The van der Waals surface area contributed by atoms with Gasteiger partial charge in [-0.3, -0.25) is 4.79 Å². The van der Waals surface area contributed by atoms with Crippen molar-refractivity contribution in [1.82, 2.24) is 10.3 Å². The second kappa shape index (κ2) is 7.95. The summed E-state index contributed by atoms with van der Waals surface area (Å²) >= 11 is 0. The smallest absolute Gasteiger partial charge is 0.270 e. The van der Waals surface area contributed by atoms with Crippen molar-refractivity contribution in [3.63, 3.8) is 0 Å². The van der Waals surface area contributed by atoms with Crippen molar-refractivity contribution in [2.75, 3.05) is 18.0 Å². The summed E-state index contributed by atoms with van der Waals surface area (Å²) in [4.78, 5) is 19.0. The first-order chi connectivity index (χ1) is 11.7. The summed E-state index contributed by atoms with van der Waals surface area (Å²) in [6.45, 7) is 4.75. The molecular weight excluding hydrogens is 298 g/mol. The van der Waals surface area contributed by atoms with Crippen molar-refractivity contribution in [3.8, 4) is 0 Å². The third-order valence-electron chi connectivity index (χ3n) is 4.65. The van der Waals surface area contributed by atoms with Gasteiger partial charge in [-0.2, -0.15) is 0 Å². The maximum atomic E-state index is 12.3. The number of hydrogen-bond acceptors (Lipinski definition) is 3. The molecule has 1 aliphatic rings. The summed E-state index contributed by atoms with van der Waals surface area (Å²) in [5.74, 6) is -0.124. The lowest BCUT2D eigenvalue weighted by atomic mass is 10.1. The van der Waals surface area contributed by atoms with Gasteiger partial charge in [0.05, 0.1) is 11.9 Å². The summed E-state index contributed by atoms with van der Waals surface area (Å²) in [5.41, 5.74) is 3.91. The molecule has 1 fully saturated rings. The van der Waals surface area contributed by atoms with Gasteiger partial charge in [-0.25, -0.2) is 4.98 Å². The zero-order valence-electron chi connectivity index (χ0n) is 14.3. The van der Waals surface area contributed by atoms with Gasteiger partial charge in [-0.15, -0.1) is 0 Å². The fourth-order valence-corrected chi connectivity index (χ4v) is 3.11. The maximum absolute atomic E-state index is 12.3. The van der Waals surface area contributed by atoms with Gasteiger partial charge in [0.25, 0.3) is 5.91 Å². The van der Waals surface area contributed by atoms with Gasteiger partial charge >= 0.3 is 0 Å². The van der Waals surface area contributed by atoms with Gasteiger partial charge < -0.3 is 10.2 Å². The quantitative estimate of drug-likeness (QED) is 0.933. The minimum absolute atomic E-state index is 0.124. The summed E-state index contributed by atoms with van der Waals surface area (Å²) in [7, 11) is 0. The third kappa shape index (κ3) is 4.13. The lowest BCUT2D eigenvalue weighted by molar-refractivity contribution is 0.0946. The van der Waals surface area contributed by atoms with Crippen LogP contribution in [-0.2, 0) is 6.54 Å². The van der Waals surface area contributed by atoms with E-state index in [0.29, 0.717) is 12.2 Å². The number of rotatable bonds is 4. The lowest BCUT2D eigenvalue weighted by Gasteiger charge is -2.22. The summed E-state index contributed by atoms with van der Waals surface area (Å²) in [6, 6.07) is 11.9. The molecule has 1 aromatic carbocycles. The van der Waals surface area contributed by atoms with E-state index >= 15 is 0 Å². The zero-order valence-corrected chi connectivity index (χ0v) is 14.3. The second-order valence-corrected chi connectivity index (χ2v) is 6.41. The predicted molar refractivity (Wildman–Crippen MR) is 97.3 cm³/mol. The maximum Gasteiger partial charge on any atom is 0.270 e. The largest absolute Gasteiger partial charge is 0.370 e. The molecule has 1 aromatic heterocycles. The van der Waals surface area contributed by atoms with Crippen LogP contribution in [-0.4, -0.2) is 24.0 Å². The fraction of sp³-hybridized carbons (Fsp3) is 0.400. The topological polar surface area (TPSA) is 45.2 Å². The number of benzene rings is 1. The van der Waals surface area contributed by atoms with Crippen LogP contribution in [0.1, 0.15) is 47.3 Å². The number of pyridine rings is 1. The summed E-state index contributed by atoms with van der Waals surface area (Å²) < 4.78 is 0. The second-order valence-electron chi connectivity index (χ2n) is 6.41. The van der Waals surface area contributed by atoms with E-state index in [9.17, 15) is 4.79 Å². The molecule has 1 N–H and O–H groups in total. The van der Waals surface area contributed by atoms with E-state index in [1.54, 1.807) is 0 Å². The highest BCUT2D eigenvalue weighted by molar-refractivity contribution is 5.92. The highest BCUT2D eigenvalue weighted by Gasteiger charge is 2.12. The van der Waals surface area contributed by atoms with Crippen LogP contribution in [0.2, 0.25) is 0 Å². The molecule has 1 saturated heterocycles. The molecule has 1 amide bonds. The van der Waals surface area contributed by atoms with Crippen LogP contribution in [0.15, 0.2) is 42.6 Å². The molecule has 4 nitrogen and oxygen atoms in total. The van der Waals surface area contributed by atoms with E-state index in [0.717, 1.165) is 24.3 Å². The number of hydrogen-bond donors (Lipinski definition) is 1. The Morgan fingerprint density at radius 3 is 2.50 bits per heavy atom. The third-order valence-corrected chi connectivity index (χ3v) is 4.65. The molecule has 3 rings (SSSR count). The zero-order chi connectivity index (χ0) is 16.8. The van der Waals surface area contributed by atoms with Crippen molar-refractivity contribution in [1.29, 1.82) is 0 Å². The standard InChI is InChI=1S/C20H25N3O/c1-16-8-4-5-9-17(16)14-22-20(24)19-11-10-18(15-21-19)23-12-6-2-3-7-13-23/h4-5,8-11,15H,2-3,6-7,12-14H2,1H3,(H,22,24). The molecule has 1 aliphatic heterocycles.